The molecule has 15 heavy (non-hydrogen) atoms. The molecular formula is C11H15N3O. The number of amides is 1. The first-order valence-electron chi connectivity index (χ1n) is 5.24. The standard InChI is InChI=1S/C11H15N3O/c15-11(9-7-12-8-9)14-6-4-10-3-1-2-5-13-10/h1-3,5,9,12H,4,6-8H2,(H,14,15). The Labute approximate surface area is 89.1 Å². The van der Waals surface area contributed by atoms with Crippen molar-refractivity contribution in [2.75, 3.05) is 19.6 Å². The molecule has 4 heteroatoms. The molecule has 0 aromatic carbocycles. The van der Waals surface area contributed by atoms with Gasteiger partial charge in [-0.15, -0.1) is 0 Å². The molecule has 1 aliphatic heterocycles. The summed E-state index contributed by atoms with van der Waals surface area (Å²) in [5, 5.41) is 5.99. The Morgan fingerprint density at radius 1 is 1.53 bits per heavy atom. The summed E-state index contributed by atoms with van der Waals surface area (Å²) < 4.78 is 0. The van der Waals surface area contributed by atoms with E-state index >= 15 is 0 Å². The first-order chi connectivity index (χ1) is 7.36. The molecule has 2 heterocycles. The number of nitrogens with zero attached hydrogens (tertiary/aromatic N) is 1. The lowest BCUT2D eigenvalue weighted by Crippen LogP contribution is -2.51. The van der Waals surface area contributed by atoms with Crippen molar-refractivity contribution in [2.45, 2.75) is 6.42 Å². The third-order valence-corrected chi connectivity index (χ3v) is 2.56. The van der Waals surface area contributed by atoms with Gasteiger partial charge in [0, 0.05) is 37.9 Å². The van der Waals surface area contributed by atoms with E-state index in [-0.39, 0.29) is 11.8 Å². The molecule has 1 fully saturated rings. The average molecular weight is 205 g/mol. The van der Waals surface area contributed by atoms with E-state index in [1.165, 1.54) is 0 Å². The van der Waals surface area contributed by atoms with Crippen LogP contribution in [0.25, 0.3) is 0 Å². The molecule has 0 atom stereocenters. The van der Waals surface area contributed by atoms with Gasteiger partial charge in [0.05, 0.1) is 5.92 Å². The first kappa shape index (κ1) is 10.1. The summed E-state index contributed by atoms with van der Waals surface area (Å²) in [5.74, 6) is 0.332. The van der Waals surface area contributed by atoms with Crippen LogP contribution in [-0.4, -0.2) is 30.5 Å². The van der Waals surface area contributed by atoms with Crippen molar-refractivity contribution in [1.82, 2.24) is 15.6 Å². The fraction of sp³-hybridized carbons (Fsp3) is 0.455. The molecule has 0 radical (unpaired) electrons. The van der Waals surface area contributed by atoms with Gasteiger partial charge in [0.15, 0.2) is 0 Å². The van der Waals surface area contributed by atoms with Crippen LogP contribution in [0.2, 0.25) is 0 Å². The highest BCUT2D eigenvalue weighted by molar-refractivity contribution is 5.79. The van der Waals surface area contributed by atoms with E-state index in [0.29, 0.717) is 6.54 Å². The molecule has 2 rings (SSSR count). The molecule has 2 N–H and O–H groups in total. The van der Waals surface area contributed by atoms with Gasteiger partial charge in [-0.25, -0.2) is 0 Å². The first-order valence-corrected chi connectivity index (χ1v) is 5.24. The zero-order valence-electron chi connectivity index (χ0n) is 8.57. The predicted octanol–water partition coefficient (Wildman–Crippen LogP) is -0.0403. The van der Waals surface area contributed by atoms with Gasteiger partial charge in [0.25, 0.3) is 0 Å². The van der Waals surface area contributed by atoms with Gasteiger partial charge < -0.3 is 10.6 Å². The Hall–Kier alpha value is -1.42. The Morgan fingerprint density at radius 3 is 3.00 bits per heavy atom. The van der Waals surface area contributed by atoms with Crippen LogP contribution in [0.15, 0.2) is 24.4 Å². The molecule has 0 spiro atoms. The van der Waals surface area contributed by atoms with Gasteiger partial charge in [-0.05, 0) is 12.1 Å². The average Bonchev–Trinajstić information content (AvgIpc) is 2.16. The van der Waals surface area contributed by atoms with Crippen LogP contribution in [-0.2, 0) is 11.2 Å². The number of carbonyl (C=O) groups is 1. The number of aromatic nitrogens is 1. The summed E-state index contributed by atoms with van der Waals surface area (Å²) in [6.45, 7) is 2.30. The van der Waals surface area contributed by atoms with Gasteiger partial charge in [0.1, 0.15) is 0 Å². The van der Waals surface area contributed by atoms with Crippen LogP contribution < -0.4 is 10.6 Å². The maximum absolute atomic E-state index is 11.4. The van der Waals surface area contributed by atoms with Crippen LogP contribution in [0, 0.1) is 5.92 Å². The molecule has 80 valence electrons. The molecule has 1 saturated heterocycles. The van der Waals surface area contributed by atoms with Gasteiger partial charge >= 0.3 is 0 Å². The maximum atomic E-state index is 11.4. The second-order valence-corrected chi connectivity index (χ2v) is 3.72. The fourth-order valence-electron chi connectivity index (χ4n) is 1.48. The Balaban J connectivity index is 1.68. The second kappa shape index (κ2) is 4.89. The minimum Gasteiger partial charge on any atom is -0.355 e. The number of hydrogen-bond acceptors (Lipinski definition) is 3. The monoisotopic (exact) mass is 205 g/mol. The zero-order chi connectivity index (χ0) is 10.5. The summed E-state index contributed by atoms with van der Waals surface area (Å²) in [4.78, 5) is 15.6. The van der Waals surface area contributed by atoms with Crippen molar-refractivity contribution in [1.29, 1.82) is 0 Å². The lowest BCUT2D eigenvalue weighted by Gasteiger charge is -2.25. The third kappa shape index (κ3) is 2.76. The molecule has 0 aliphatic carbocycles. The van der Waals surface area contributed by atoms with E-state index in [2.05, 4.69) is 15.6 Å². The van der Waals surface area contributed by atoms with Crippen molar-refractivity contribution >= 4 is 5.91 Å². The van der Waals surface area contributed by atoms with Crippen LogP contribution in [0.4, 0.5) is 0 Å². The lowest BCUT2D eigenvalue weighted by molar-refractivity contribution is -0.126. The minimum atomic E-state index is 0.157. The third-order valence-electron chi connectivity index (χ3n) is 2.56. The van der Waals surface area contributed by atoms with Crippen molar-refractivity contribution < 1.29 is 4.79 Å². The largest absolute Gasteiger partial charge is 0.355 e. The summed E-state index contributed by atoms with van der Waals surface area (Å²) in [5.41, 5.74) is 1.02. The molecular weight excluding hydrogens is 190 g/mol. The normalized spacial score (nSPS) is 15.7. The number of carbonyl (C=O) groups excluding carboxylic acids is 1. The highest BCUT2D eigenvalue weighted by Gasteiger charge is 2.23. The van der Waals surface area contributed by atoms with E-state index in [0.717, 1.165) is 25.2 Å². The van der Waals surface area contributed by atoms with Gasteiger partial charge in [-0.3, -0.25) is 9.78 Å². The smallest absolute Gasteiger partial charge is 0.225 e. The highest BCUT2D eigenvalue weighted by Crippen LogP contribution is 2.02. The summed E-state index contributed by atoms with van der Waals surface area (Å²) in [7, 11) is 0. The topological polar surface area (TPSA) is 54.0 Å². The van der Waals surface area contributed by atoms with Gasteiger partial charge in [0.2, 0.25) is 5.91 Å². The quantitative estimate of drug-likeness (QED) is 0.725. The predicted molar refractivity (Wildman–Crippen MR) is 57.3 cm³/mol. The van der Waals surface area contributed by atoms with Crippen LogP contribution in [0.3, 0.4) is 0 Å². The van der Waals surface area contributed by atoms with Crippen molar-refractivity contribution in [3.63, 3.8) is 0 Å². The van der Waals surface area contributed by atoms with Gasteiger partial charge in [-0.1, -0.05) is 6.07 Å². The van der Waals surface area contributed by atoms with E-state index in [4.69, 9.17) is 0 Å². The number of hydrogen-bond donors (Lipinski definition) is 2. The lowest BCUT2D eigenvalue weighted by atomic mass is 10.0. The molecule has 1 amide bonds. The molecule has 0 unspecified atom stereocenters. The van der Waals surface area contributed by atoms with Crippen LogP contribution in [0.5, 0.6) is 0 Å². The summed E-state index contributed by atoms with van der Waals surface area (Å²) >= 11 is 0. The molecule has 0 bridgehead atoms. The van der Waals surface area contributed by atoms with Gasteiger partial charge in [-0.2, -0.15) is 0 Å². The van der Waals surface area contributed by atoms with Crippen LogP contribution in [0.1, 0.15) is 5.69 Å². The van der Waals surface area contributed by atoms with Crippen molar-refractivity contribution in [2.24, 2.45) is 5.92 Å². The van der Waals surface area contributed by atoms with Crippen molar-refractivity contribution in [3.05, 3.63) is 30.1 Å². The summed E-state index contributed by atoms with van der Waals surface area (Å²) in [6.07, 6.45) is 2.57. The molecule has 1 aromatic rings. The highest BCUT2D eigenvalue weighted by atomic mass is 16.2. The van der Waals surface area contributed by atoms with E-state index in [9.17, 15) is 4.79 Å². The van der Waals surface area contributed by atoms with Crippen molar-refractivity contribution in [3.8, 4) is 0 Å². The van der Waals surface area contributed by atoms with E-state index < -0.39 is 0 Å². The van der Waals surface area contributed by atoms with E-state index in [1.54, 1.807) is 6.20 Å². The van der Waals surface area contributed by atoms with E-state index in [1.807, 2.05) is 18.2 Å². The number of pyridine rings is 1. The fourth-order valence-corrected chi connectivity index (χ4v) is 1.48. The number of nitrogens with one attached hydrogen (secondary N) is 2. The minimum absolute atomic E-state index is 0.157. The Kier molecular flexibility index (Phi) is 3.29. The number of rotatable bonds is 4. The zero-order valence-corrected chi connectivity index (χ0v) is 8.57. The van der Waals surface area contributed by atoms with Crippen LogP contribution >= 0.6 is 0 Å². The Bertz CT molecular complexity index is 322. The second-order valence-electron chi connectivity index (χ2n) is 3.72. The molecule has 4 nitrogen and oxygen atoms in total. The molecule has 0 saturated carbocycles. The SMILES string of the molecule is O=C(NCCc1ccccn1)C1CNC1. The maximum Gasteiger partial charge on any atom is 0.225 e. The Morgan fingerprint density at radius 2 is 2.40 bits per heavy atom. The summed E-state index contributed by atoms with van der Waals surface area (Å²) in [6, 6.07) is 5.82. The molecule has 1 aromatic heterocycles. The molecule has 1 aliphatic rings.